The van der Waals surface area contributed by atoms with Crippen molar-refractivity contribution in [1.82, 2.24) is 0 Å². The van der Waals surface area contributed by atoms with E-state index < -0.39 is 11.8 Å². The predicted octanol–water partition coefficient (Wildman–Crippen LogP) is 6.45. The minimum absolute atomic E-state index is 0.0563. The maximum absolute atomic E-state index is 14.0. The number of anilines is 1. The maximum atomic E-state index is 14.0. The van der Waals surface area contributed by atoms with E-state index in [1.807, 2.05) is 12.1 Å². The Kier molecular flexibility index (Phi) is 7.41. The molecule has 3 aromatic rings. The van der Waals surface area contributed by atoms with Crippen LogP contribution >= 0.6 is 27.5 Å². The fourth-order valence-electron chi connectivity index (χ4n) is 3.09. The van der Waals surface area contributed by atoms with E-state index in [9.17, 15) is 14.3 Å². The number of carboxylic acid groups (broad SMARTS) is 1. The Balaban J connectivity index is 1.78. The van der Waals surface area contributed by atoms with Crippen molar-refractivity contribution in [2.24, 2.45) is 0 Å². The van der Waals surface area contributed by atoms with Crippen LogP contribution < -0.4 is 14.8 Å². The molecule has 5 nitrogen and oxygen atoms in total. The molecule has 3 aromatic carbocycles. The maximum Gasteiger partial charge on any atom is 0.336 e. The molecule has 3 rings (SSSR count). The van der Waals surface area contributed by atoms with E-state index in [1.165, 1.54) is 19.2 Å². The smallest absolute Gasteiger partial charge is 0.336 e. The number of rotatable bonds is 8. The highest BCUT2D eigenvalue weighted by molar-refractivity contribution is 9.10. The number of carboxylic acids is 1. The molecule has 0 heterocycles. The number of hydrogen-bond donors (Lipinski definition) is 2. The largest absolute Gasteiger partial charge is 0.493 e. The van der Waals surface area contributed by atoms with E-state index in [0.717, 1.165) is 11.3 Å². The number of aromatic carboxylic acids is 1. The molecular weight excluding hydrogens is 489 g/mol. The van der Waals surface area contributed by atoms with Crippen molar-refractivity contribution in [1.29, 1.82) is 0 Å². The lowest BCUT2D eigenvalue weighted by Crippen LogP contribution is -2.06. The van der Waals surface area contributed by atoms with Gasteiger partial charge in [-0.3, -0.25) is 0 Å². The van der Waals surface area contributed by atoms with Crippen molar-refractivity contribution in [2.75, 3.05) is 12.4 Å². The highest BCUT2D eigenvalue weighted by atomic mass is 79.9. The molecular formula is C23H20BrClFNO4. The van der Waals surface area contributed by atoms with Crippen molar-refractivity contribution in [2.45, 2.75) is 20.1 Å². The second-order valence-electron chi connectivity index (χ2n) is 6.73. The molecule has 8 heteroatoms. The fraction of sp³-hybridized carbons (Fsp3) is 0.174. The first-order valence-corrected chi connectivity index (χ1v) is 10.5. The zero-order valence-electron chi connectivity index (χ0n) is 16.8. The summed E-state index contributed by atoms with van der Waals surface area (Å²) >= 11 is 9.55. The molecule has 2 N–H and O–H groups in total. The average molecular weight is 509 g/mol. The lowest BCUT2D eigenvalue weighted by atomic mass is 10.1. The Morgan fingerprint density at radius 3 is 2.65 bits per heavy atom. The van der Waals surface area contributed by atoms with Gasteiger partial charge in [0.2, 0.25) is 0 Å². The van der Waals surface area contributed by atoms with Crippen LogP contribution in [0.25, 0.3) is 0 Å². The van der Waals surface area contributed by atoms with Crippen LogP contribution in [0.2, 0.25) is 5.02 Å². The van der Waals surface area contributed by atoms with Crippen molar-refractivity contribution < 1.29 is 23.8 Å². The first kappa shape index (κ1) is 22.9. The number of halogens is 3. The van der Waals surface area contributed by atoms with Gasteiger partial charge < -0.3 is 19.9 Å². The Morgan fingerprint density at radius 2 is 1.97 bits per heavy atom. The van der Waals surface area contributed by atoms with Crippen LogP contribution in [-0.4, -0.2) is 18.2 Å². The molecule has 0 aliphatic heterocycles. The molecule has 0 aliphatic rings. The van der Waals surface area contributed by atoms with Crippen molar-refractivity contribution in [3.8, 4) is 11.5 Å². The van der Waals surface area contributed by atoms with Gasteiger partial charge in [0.25, 0.3) is 0 Å². The minimum Gasteiger partial charge on any atom is -0.493 e. The molecule has 0 radical (unpaired) electrons. The normalized spacial score (nSPS) is 10.6. The van der Waals surface area contributed by atoms with Crippen molar-refractivity contribution >= 4 is 39.2 Å². The van der Waals surface area contributed by atoms with Crippen LogP contribution in [0.4, 0.5) is 10.1 Å². The molecule has 0 saturated carbocycles. The summed E-state index contributed by atoms with van der Waals surface area (Å²) < 4.78 is 25.9. The van der Waals surface area contributed by atoms with Gasteiger partial charge in [-0.25, -0.2) is 9.18 Å². The van der Waals surface area contributed by atoms with Crippen molar-refractivity contribution in [3.63, 3.8) is 0 Å². The van der Waals surface area contributed by atoms with Gasteiger partial charge in [-0.1, -0.05) is 23.7 Å². The Labute approximate surface area is 192 Å². The Morgan fingerprint density at radius 1 is 1.23 bits per heavy atom. The third-order valence-electron chi connectivity index (χ3n) is 4.76. The molecule has 0 amide bonds. The Hall–Kier alpha value is -2.77. The van der Waals surface area contributed by atoms with Gasteiger partial charge in [0.1, 0.15) is 12.4 Å². The molecule has 0 unspecified atom stereocenters. The van der Waals surface area contributed by atoms with Gasteiger partial charge in [0, 0.05) is 17.8 Å². The summed E-state index contributed by atoms with van der Waals surface area (Å²) in [5.74, 6) is -0.520. The summed E-state index contributed by atoms with van der Waals surface area (Å²) in [6.07, 6.45) is 0. The molecule has 0 spiro atoms. The van der Waals surface area contributed by atoms with Gasteiger partial charge >= 0.3 is 5.97 Å². The first-order valence-electron chi connectivity index (χ1n) is 9.30. The molecule has 0 fully saturated rings. The van der Waals surface area contributed by atoms with E-state index in [4.69, 9.17) is 21.1 Å². The molecule has 0 aliphatic carbocycles. The van der Waals surface area contributed by atoms with Gasteiger partial charge in [-0.15, -0.1) is 0 Å². The highest BCUT2D eigenvalue weighted by Gasteiger charge is 2.15. The van der Waals surface area contributed by atoms with Crippen LogP contribution in [0.15, 0.2) is 53.0 Å². The summed E-state index contributed by atoms with van der Waals surface area (Å²) in [6, 6.07) is 13.2. The van der Waals surface area contributed by atoms with Crippen LogP contribution in [0.1, 0.15) is 27.0 Å². The fourth-order valence-corrected chi connectivity index (χ4v) is 3.91. The van der Waals surface area contributed by atoms with Gasteiger partial charge in [0.05, 0.1) is 22.2 Å². The summed E-state index contributed by atoms with van der Waals surface area (Å²) in [4.78, 5) is 11.3. The highest BCUT2D eigenvalue weighted by Crippen LogP contribution is 2.38. The van der Waals surface area contributed by atoms with Gasteiger partial charge in [-0.05, 0) is 70.4 Å². The quantitative estimate of drug-likeness (QED) is 0.366. The second kappa shape index (κ2) is 10.0. The second-order valence-corrected chi connectivity index (χ2v) is 8.00. The summed E-state index contributed by atoms with van der Waals surface area (Å²) in [7, 11) is 1.52. The SMILES string of the molecule is COc1cc(CNc2cccc(C(=O)O)c2C)cc(Br)c1OCc1c(F)cccc1Cl. The standard InChI is InChI=1S/C23H20BrClFNO4/c1-13-15(23(28)29)5-3-8-20(13)27-11-14-9-17(24)22(21(10-14)30-2)31-12-16-18(25)6-4-7-19(16)26/h3-10,27H,11-12H2,1-2H3,(H,28,29). The topological polar surface area (TPSA) is 67.8 Å². The average Bonchev–Trinajstić information content (AvgIpc) is 2.73. The minimum atomic E-state index is -0.970. The molecule has 162 valence electrons. The number of hydrogen-bond acceptors (Lipinski definition) is 4. The number of carbonyl (C=O) groups is 1. The first-order chi connectivity index (χ1) is 14.8. The van der Waals surface area contributed by atoms with Crippen LogP contribution in [0.3, 0.4) is 0 Å². The van der Waals surface area contributed by atoms with E-state index >= 15 is 0 Å². The van der Waals surface area contributed by atoms with Crippen LogP contribution in [-0.2, 0) is 13.2 Å². The molecule has 0 saturated heterocycles. The van der Waals surface area contributed by atoms with Crippen molar-refractivity contribution in [3.05, 3.63) is 86.1 Å². The Bertz CT molecular complexity index is 1100. The lowest BCUT2D eigenvalue weighted by molar-refractivity contribution is 0.0696. The van der Waals surface area contributed by atoms with E-state index in [0.29, 0.717) is 28.1 Å². The zero-order chi connectivity index (χ0) is 22.5. The molecule has 0 aromatic heterocycles. The summed E-state index contributed by atoms with van der Waals surface area (Å²) in [6.45, 7) is 2.13. The molecule has 0 bridgehead atoms. The molecule has 0 atom stereocenters. The zero-order valence-corrected chi connectivity index (χ0v) is 19.2. The van der Waals surface area contributed by atoms with Gasteiger partial charge in [-0.2, -0.15) is 0 Å². The summed E-state index contributed by atoms with van der Waals surface area (Å²) in [5, 5.41) is 12.8. The van der Waals surface area contributed by atoms with E-state index in [-0.39, 0.29) is 22.8 Å². The monoisotopic (exact) mass is 507 g/mol. The van der Waals surface area contributed by atoms with E-state index in [2.05, 4.69) is 21.2 Å². The van der Waals surface area contributed by atoms with Gasteiger partial charge in [0.15, 0.2) is 11.5 Å². The van der Waals surface area contributed by atoms with E-state index in [1.54, 1.807) is 31.2 Å². The number of methoxy groups -OCH3 is 1. The number of ether oxygens (including phenoxy) is 2. The summed E-state index contributed by atoms with van der Waals surface area (Å²) in [5.41, 5.74) is 2.77. The van der Waals surface area contributed by atoms with Crippen LogP contribution in [0, 0.1) is 12.7 Å². The third kappa shape index (κ3) is 5.29. The number of benzene rings is 3. The predicted molar refractivity (Wildman–Crippen MR) is 122 cm³/mol. The van der Waals surface area contributed by atoms with Crippen LogP contribution in [0.5, 0.6) is 11.5 Å². The lowest BCUT2D eigenvalue weighted by Gasteiger charge is -2.16. The third-order valence-corrected chi connectivity index (χ3v) is 5.70. The number of nitrogens with one attached hydrogen (secondary N) is 1. The molecule has 31 heavy (non-hydrogen) atoms.